The number of sulfonamides is 1. The predicted molar refractivity (Wildman–Crippen MR) is 197 cm³/mol. The number of ether oxygens (including phenoxy) is 1. The molecule has 2 aliphatic rings. The van der Waals surface area contributed by atoms with Gasteiger partial charge >= 0.3 is 0 Å². The molecule has 7 rings (SSSR count). The summed E-state index contributed by atoms with van der Waals surface area (Å²) in [5.41, 5.74) is 3.89. The van der Waals surface area contributed by atoms with E-state index < -0.39 is 16.1 Å². The van der Waals surface area contributed by atoms with Crippen molar-refractivity contribution in [3.63, 3.8) is 0 Å². The lowest BCUT2D eigenvalue weighted by Gasteiger charge is -2.32. The summed E-state index contributed by atoms with van der Waals surface area (Å²) in [6.45, 7) is 5.31. The Morgan fingerprint density at radius 3 is 2.57 bits per heavy atom. The zero-order chi connectivity index (χ0) is 35.5. The van der Waals surface area contributed by atoms with E-state index in [4.69, 9.17) is 32.9 Å². The molecule has 1 N–H and O–H groups in total. The van der Waals surface area contributed by atoms with Crippen molar-refractivity contribution >= 4 is 50.0 Å². The van der Waals surface area contributed by atoms with Gasteiger partial charge < -0.3 is 14.6 Å². The number of hydrogen-bond donors (Lipinski definition) is 1. The minimum Gasteiger partial charge on any atom is -0.487 e. The lowest BCUT2D eigenvalue weighted by atomic mass is 9.96. The van der Waals surface area contributed by atoms with Crippen LogP contribution in [-0.4, -0.2) is 75.3 Å². The largest absolute Gasteiger partial charge is 0.487 e. The van der Waals surface area contributed by atoms with Crippen LogP contribution in [-0.2, 0) is 28.0 Å². The van der Waals surface area contributed by atoms with E-state index >= 15 is 0 Å². The second kappa shape index (κ2) is 15.3. The van der Waals surface area contributed by atoms with E-state index in [1.807, 2.05) is 60.4 Å². The van der Waals surface area contributed by atoms with Gasteiger partial charge in [0.15, 0.2) is 0 Å². The van der Waals surface area contributed by atoms with Gasteiger partial charge in [0, 0.05) is 66.1 Å². The number of nitrogens with one attached hydrogen (secondary N) is 1. The van der Waals surface area contributed by atoms with Gasteiger partial charge in [-0.05, 0) is 93.6 Å². The number of carbonyl (C=O) groups is 1. The van der Waals surface area contributed by atoms with Crippen molar-refractivity contribution in [3.05, 3.63) is 107 Å². The maximum Gasteiger partial charge on any atom is 0.245 e. The number of pyridine rings is 2. The van der Waals surface area contributed by atoms with Crippen LogP contribution in [0.25, 0.3) is 16.6 Å². The van der Waals surface area contributed by atoms with Crippen molar-refractivity contribution in [2.75, 3.05) is 26.2 Å². The van der Waals surface area contributed by atoms with Crippen LogP contribution < -0.4 is 10.1 Å². The number of carbonyl (C=O) groups excluding carboxylic acids is 1. The van der Waals surface area contributed by atoms with Gasteiger partial charge in [0.05, 0.1) is 17.0 Å². The summed E-state index contributed by atoms with van der Waals surface area (Å²) in [5, 5.41) is 4.15. The number of imidazole rings is 1. The molecular formula is C37H39Cl2N7O4S. The Kier molecular flexibility index (Phi) is 10.6. The number of nitrogens with zero attached hydrogens (tertiary/aromatic N) is 6. The molecule has 2 aliphatic heterocycles. The number of benzene rings is 2. The van der Waals surface area contributed by atoms with Crippen molar-refractivity contribution < 1.29 is 17.9 Å². The monoisotopic (exact) mass is 747 g/mol. The molecule has 0 spiro atoms. The summed E-state index contributed by atoms with van der Waals surface area (Å²) < 4.78 is 37.6. The highest BCUT2D eigenvalue weighted by Gasteiger charge is 2.41. The van der Waals surface area contributed by atoms with Crippen molar-refractivity contribution in [2.45, 2.75) is 56.7 Å². The number of aromatic nitrogens is 4. The smallest absolute Gasteiger partial charge is 0.245 e. The lowest BCUT2D eigenvalue weighted by Crippen LogP contribution is -2.47. The molecule has 2 saturated heterocycles. The number of para-hydroxylation sites is 1. The number of aryl methyl sites for hydroxylation is 1. The molecular weight excluding hydrogens is 709 g/mol. The van der Waals surface area contributed by atoms with Gasteiger partial charge in [-0.1, -0.05) is 35.3 Å². The van der Waals surface area contributed by atoms with Crippen molar-refractivity contribution in [3.8, 4) is 11.4 Å². The first-order valence-electron chi connectivity index (χ1n) is 17.1. The van der Waals surface area contributed by atoms with Gasteiger partial charge in [-0.25, -0.2) is 18.4 Å². The number of fused-ring (bicyclic) bond motifs is 1. The van der Waals surface area contributed by atoms with E-state index in [1.165, 1.54) is 22.0 Å². The third-order valence-corrected chi connectivity index (χ3v) is 12.6. The molecule has 2 aromatic carbocycles. The van der Waals surface area contributed by atoms with E-state index in [0.717, 1.165) is 49.2 Å². The molecule has 0 radical (unpaired) electrons. The molecule has 0 saturated carbocycles. The molecule has 1 atom stereocenters. The van der Waals surface area contributed by atoms with Gasteiger partial charge in [0.1, 0.15) is 28.8 Å². The third kappa shape index (κ3) is 7.61. The third-order valence-electron chi connectivity index (χ3n) is 9.73. The van der Waals surface area contributed by atoms with Crippen LogP contribution in [0.4, 0.5) is 0 Å². The zero-order valence-electron chi connectivity index (χ0n) is 28.2. The van der Waals surface area contributed by atoms with E-state index in [2.05, 4.69) is 20.2 Å². The quantitative estimate of drug-likeness (QED) is 0.170. The maximum atomic E-state index is 14.1. The van der Waals surface area contributed by atoms with Crippen LogP contribution in [0, 0.1) is 12.8 Å². The summed E-state index contributed by atoms with van der Waals surface area (Å²) in [4.78, 5) is 28.8. The molecule has 0 aliphatic carbocycles. The molecule has 2 fully saturated rings. The lowest BCUT2D eigenvalue weighted by molar-refractivity contribution is -0.124. The Morgan fingerprint density at radius 1 is 1.00 bits per heavy atom. The Bertz CT molecular complexity index is 2130. The van der Waals surface area contributed by atoms with E-state index in [0.29, 0.717) is 42.1 Å². The van der Waals surface area contributed by atoms with E-state index in [1.54, 1.807) is 18.6 Å². The Balaban J connectivity index is 1.02. The van der Waals surface area contributed by atoms with Crippen LogP contribution in [0.15, 0.2) is 84.5 Å². The molecule has 266 valence electrons. The van der Waals surface area contributed by atoms with Crippen molar-refractivity contribution in [2.24, 2.45) is 5.92 Å². The topological polar surface area (TPSA) is 123 Å². The van der Waals surface area contributed by atoms with Crippen molar-refractivity contribution in [1.82, 2.24) is 34.0 Å². The van der Waals surface area contributed by atoms with Crippen LogP contribution in [0.2, 0.25) is 10.0 Å². The molecule has 5 aromatic rings. The highest BCUT2D eigenvalue weighted by atomic mass is 35.5. The minimum atomic E-state index is -4.14. The number of halogens is 2. The van der Waals surface area contributed by atoms with E-state index in [-0.39, 0.29) is 34.0 Å². The minimum absolute atomic E-state index is 0.0319. The fraction of sp³-hybridized carbons (Fsp3) is 0.351. The van der Waals surface area contributed by atoms with Crippen molar-refractivity contribution in [1.29, 1.82) is 0 Å². The Labute approximate surface area is 307 Å². The summed E-state index contributed by atoms with van der Waals surface area (Å²) in [6.07, 6.45) is 11.8. The average molecular weight is 749 g/mol. The molecule has 51 heavy (non-hydrogen) atoms. The van der Waals surface area contributed by atoms with Gasteiger partial charge in [-0.3, -0.25) is 14.7 Å². The van der Waals surface area contributed by atoms with Crippen LogP contribution in [0.5, 0.6) is 5.75 Å². The SMILES string of the molecule is Cc1cc(-n2ccnc2)c2cccc(OCc3c(Cl)ccc(S(=O)(=O)N4CCCC4C(=O)NCC4CCN(Cc5ccncc5)CC4)c3Cl)c2n1. The second-order valence-electron chi connectivity index (χ2n) is 13.1. The van der Waals surface area contributed by atoms with Crippen LogP contribution >= 0.6 is 23.2 Å². The Hall–Kier alpha value is -4.07. The Morgan fingerprint density at radius 2 is 1.80 bits per heavy atom. The fourth-order valence-electron chi connectivity index (χ4n) is 6.99. The van der Waals surface area contributed by atoms with Gasteiger partial charge in [-0.15, -0.1) is 0 Å². The fourth-order valence-corrected chi connectivity index (χ4v) is 9.51. The normalized spacial score (nSPS) is 17.6. The molecule has 1 amide bonds. The van der Waals surface area contributed by atoms with Crippen LogP contribution in [0.3, 0.4) is 0 Å². The first-order valence-corrected chi connectivity index (χ1v) is 19.3. The van der Waals surface area contributed by atoms with Gasteiger partial charge in [0.25, 0.3) is 0 Å². The maximum absolute atomic E-state index is 14.1. The molecule has 14 heteroatoms. The molecule has 1 unspecified atom stereocenters. The molecule has 11 nitrogen and oxygen atoms in total. The highest BCUT2D eigenvalue weighted by Crippen LogP contribution is 2.37. The summed E-state index contributed by atoms with van der Waals surface area (Å²) in [7, 11) is -4.14. The first kappa shape index (κ1) is 35.3. The summed E-state index contributed by atoms with van der Waals surface area (Å²) in [5.74, 6) is 0.548. The molecule has 5 heterocycles. The number of hydrogen-bond acceptors (Lipinski definition) is 8. The first-order chi connectivity index (χ1) is 24.7. The van der Waals surface area contributed by atoms with Gasteiger partial charge in [0.2, 0.25) is 15.9 Å². The average Bonchev–Trinajstić information content (AvgIpc) is 3.85. The highest BCUT2D eigenvalue weighted by molar-refractivity contribution is 7.89. The number of rotatable bonds is 11. The van der Waals surface area contributed by atoms with Crippen LogP contribution in [0.1, 0.15) is 42.5 Å². The van der Waals surface area contributed by atoms with Gasteiger partial charge in [-0.2, -0.15) is 4.31 Å². The molecule has 3 aromatic heterocycles. The summed E-state index contributed by atoms with van der Waals surface area (Å²) in [6, 6.07) is 13.7. The number of amides is 1. The predicted octanol–water partition coefficient (Wildman–Crippen LogP) is 6.19. The zero-order valence-corrected chi connectivity index (χ0v) is 30.5. The van der Waals surface area contributed by atoms with E-state index in [9.17, 15) is 13.2 Å². The number of piperidine rings is 1. The number of likely N-dealkylation sites (tertiary alicyclic amines) is 1. The summed E-state index contributed by atoms with van der Waals surface area (Å²) >= 11 is 13.4. The second-order valence-corrected chi connectivity index (χ2v) is 15.8. The molecule has 0 bridgehead atoms. The standard InChI is InChI=1S/C37H39Cl2N7O4S/c1-25-20-32(45-19-15-41-24-45)28-4-2-6-33(36(28)43-25)50-23-29-30(38)7-8-34(35(29)39)51(48,49)46-16-3-5-31(46)37(47)42-21-26-11-17-44(18-12-26)22-27-9-13-40-14-10-27/h2,4,6-10,13-15,19-20,24,26,31H,3,5,11-12,16-18,21-23H2,1H3,(H,42,47).